The van der Waals surface area contributed by atoms with Crippen molar-refractivity contribution in [2.75, 3.05) is 13.1 Å². The van der Waals surface area contributed by atoms with Crippen LogP contribution >= 0.6 is 11.6 Å². The molecule has 0 bridgehead atoms. The van der Waals surface area contributed by atoms with E-state index in [1.165, 1.54) is 0 Å². The fourth-order valence-corrected chi connectivity index (χ4v) is 2.55. The third-order valence-corrected chi connectivity index (χ3v) is 3.93. The van der Waals surface area contributed by atoms with Crippen LogP contribution in [0.25, 0.3) is 0 Å². The second kappa shape index (κ2) is 6.57. The predicted octanol–water partition coefficient (Wildman–Crippen LogP) is 3.48. The van der Waals surface area contributed by atoms with Crippen molar-refractivity contribution in [1.29, 1.82) is 0 Å². The molecule has 1 fully saturated rings. The third kappa shape index (κ3) is 5.01. The molecule has 0 radical (unpaired) electrons. The summed E-state index contributed by atoms with van der Waals surface area (Å²) in [4.78, 5) is 13.8. The van der Waals surface area contributed by atoms with Crippen molar-refractivity contribution in [2.24, 2.45) is 0 Å². The molecule has 1 amide bonds. The number of carbonyl (C=O) groups is 1. The molecule has 2 rings (SSSR count). The van der Waals surface area contributed by atoms with E-state index in [-0.39, 0.29) is 6.54 Å². The van der Waals surface area contributed by atoms with Gasteiger partial charge >= 0.3 is 6.09 Å². The highest BCUT2D eigenvalue weighted by atomic mass is 35.5. The molecule has 1 N–H and O–H groups in total. The first-order valence-electron chi connectivity index (χ1n) is 7.69. The van der Waals surface area contributed by atoms with Crippen LogP contribution in [0.15, 0.2) is 24.3 Å². The topological polar surface area (TPSA) is 59.0 Å². The van der Waals surface area contributed by atoms with E-state index in [0.29, 0.717) is 23.7 Å². The molecule has 5 nitrogen and oxygen atoms in total. The van der Waals surface area contributed by atoms with E-state index in [4.69, 9.17) is 21.1 Å². The van der Waals surface area contributed by atoms with Gasteiger partial charge in [0.15, 0.2) is 0 Å². The summed E-state index contributed by atoms with van der Waals surface area (Å²) in [5, 5.41) is 11.1. The lowest BCUT2D eigenvalue weighted by atomic mass is 9.90. The van der Waals surface area contributed by atoms with Crippen LogP contribution in [0.4, 0.5) is 4.79 Å². The normalized spacial score (nSPS) is 25.1. The zero-order valence-electron chi connectivity index (χ0n) is 14.0. The van der Waals surface area contributed by atoms with Crippen LogP contribution in [-0.4, -0.2) is 46.5 Å². The molecule has 0 spiro atoms. The first-order valence-corrected chi connectivity index (χ1v) is 8.07. The highest BCUT2D eigenvalue weighted by Gasteiger charge is 2.41. The average molecular weight is 342 g/mol. The molecule has 6 heteroatoms. The van der Waals surface area contributed by atoms with E-state index in [1.54, 1.807) is 36.1 Å². The van der Waals surface area contributed by atoms with Crippen molar-refractivity contribution >= 4 is 17.7 Å². The van der Waals surface area contributed by atoms with Gasteiger partial charge in [-0.05, 0) is 52.3 Å². The largest absolute Gasteiger partial charge is 0.486 e. The molecule has 23 heavy (non-hydrogen) atoms. The van der Waals surface area contributed by atoms with Gasteiger partial charge in [0.2, 0.25) is 0 Å². The van der Waals surface area contributed by atoms with Gasteiger partial charge in [-0.3, -0.25) is 0 Å². The lowest BCUT2D eigenvalue weighted by Crippen LogP contribution is -2.58. The van der Waals surface area contributed by atoms with Crippen LogP contribution in [0, 0.1) is 0 Å². The van der Waals surface area contributed by atoms with Crippen molar-refractivity contribution in [3.8, 4) is 5.75 Å². The quantitative estimate of drug-likeness (QED) is 0.894. The lowest BCUT2D eigenvalue weighted by Gasteiger charge is -2.42. The van der Waals surface area contributed by atoms with E-state index in [9.17, 15) is 9.90 Å². The molecule has 0 unspecified atom stereocenters. The maximum atomic E-state index is 12.2. The molecule has 1 saturated heterocycles. The molecule has 2 atom stereocenters. The summed E-state index contributed by atoms with van der Waals surface area (Å²) in [7, 11) is 0. The lowest BCUT2D eigenvalue weighted by molar-refractivity contribution is -0.0949. The fourth-order valence-electron chi connectivity index (χ4n) is 2.37. The van der Waals surface area contributed by atoms with Gasteiger partial charge in [-0.15, -0.1) is 0 Å². The van der Waals surface area contributed by atoms with Gasteiger partial charge in [0.25, 0.3) is 0 Å². The van der Waals surface area contributed by atoms with Crippen LogP contribution in [0.2, 0.25) is 5.02 Å². The Kier molecular flexibility index (Phi) is 5.11. The van der Waals surface area contributed by atoms with E-state index in [0.717, 1.165) is 0 Å². The van der Waals surface area contributed by atoms with E-state index in [1.807, 2.05) is 20.8 Å². The minimum Gasteiger partial charge on any atom is -0.486 e. The summed E-state index contributed by atoms with van der Waals surface area (Å²) < 4.78 is 11.3. The van der Waals surface area contributed by atoms with Gasteiger partial charge in [-0.25, -0.2) is 4.79 Å². The molecule has 1 aliphatic rings. The number of halogens is 1. The number of hydrogen-bond acceptors (Lipinski definition) is 4. The van der Waals surface area contributed by atoms with Gasteiger partial charge in [-0.1, -0.05) is 17.7 Å². The summed E-state index contributed by atoms with van der Waals surface area (Å²) >= 11 is 5.96. The third-order valence-electron chi connectivity index (χ3n) is 3.69. The molecule has 1 heterocycles. The Labute approximate surface area is 142 Å². The molecule has 0 aromatic heterocycles. The van der Waals surface area contributed by atoms with Gasteiger partial charge < -0.3 is 19.5 Å². The van der Waals surface area contributed by atoms with Crippen molar-refractivity contribution in [3.05, 3.63) is 29.3 Å². The number of aliphatic hydroxyl groups is 1. The first-order chi connectivity index (χ1) is 10.6. The smallest absolute Gasteiger partial charge is 0.410 e. The Hall–Kier alpha value is -1.46. The Balaban J connectivity index is 2.08. The van der Waals surface area contributed by atoms with Crippen molar-refractivity contribution < 1.29 is 19.4 Å². The van der Waals surface area contributed by atoms with Gasteiger partial charge in [0, 0.05) is 11.6 Å². The van der Waals surface area contributed by atoms with Crippen molar-refractivity contribution in [1.82, 2.24) is 4.90 Å². The second-order valence-corrected chi connectivity index (χ2v) is 7.53. The summed E-state index contributed by atoms with van der Waals surface area (Å²) in [5.74, 6) is 0.564. The van der Waals surface area contributed by atoms with Gasteiger partial charge in [0.05, 0.1) is 6.54 Å². The van der Waals surface area contributed by atoms with Gasteiger partial charge in [-0.2, -0.15) is 0 Å². The Morgan fingerprint density at radius 2 is 2.13 bits per heavy atom. The molecule has 0 saturated carbocycles. The minimum absolute atomic E-state index is 0.258. The molecule has 1 aliphatic heterocycles. The van der Waals surface area contributed by atoms with Gasteiger partial charge in [0.1, 0.15) is 23.1 Å². The molecule has 0 aliphatic carbocycles. The second-order valence-electron chi connectivity index (χ2n) is 7.10. The zero-order chi connectivity index (χ0) is 17.3. The Bertz CT molecular complexity index is 568. The zero-order valence-corrected chi connectivity index (χ0v) is 14.8. The maximum absolute atomic E-state index is 12.2. The number of nitrogens with zero attached hydrogens (tertiary/aromatic N) is 1. The maximum Gasteiger partial charge on any atom is 0.410 e. The summed E-state index contributed by atoms with van der Waals surface area (Å²) in [6, 6.07) is 6.99. The number of ether oxygens (including phenoxy) is 2. The summed E-state index contributed by atoms with van der Waals surface area (Å²) in [5.41, 5.74) is -1.58. The molecular weight excluding hydrogens is 318 g/mol. The van der Waals surface area contributed by atoms with E-state index in [2.05, 4.69) is 0 Å². The Morgan fingerprint density at radius 3 is 2.74 bits per heavy atom. The van der Waals surface area contributed by atoms with Crippen LogP contribution < -0.4 is 4.74 Å². The molecule has 1 aromatic rings. The number of likely N-dealkylation sites (tertiary alicyclic amines) is 1. The number of carbonyl (C=O) groups excluding carboxylic acids is 1. The van der Waals surface area contributed by atoms with Crippen molar-refractivity contribution in [2.45, 2.75) is 51.4 Å². The van der Waals surface area contributed by atoms with Crippen LogP contribution in [0.5, 0.6) is 5.75 Å². The predicted molar refractivity (Wildman–Crippen MR) is 88.9 cm³/mol. The number of amides is 1. The molecule has 1 aromatic carbocycles. The number of piperidine rings is 1. The summed E-state index contributed by atoms with van der Waals surface area (Å²) in [6.45, 7) is 7.88. The minimum atomic E-state index is -1.03. The average Bonchev–Trinajstić information content (AvgIpc) is 2.39. The van der Waals surface area contributed by atoms with Crippen LogP contribution in [0.3, 0.4) is 0 Å². The first kappa shape index (κ1) is 17.9. The standard InChI is InChI=1S/C17H24ClNO4/c1-16(2,3)23-15(20)19-9-8-17(4,21)14(11-19)22-13-7-5-6-12(18)10-13/h5-7,10,14,21H,8-9,11H2,1-4H3/t14-,17-/m0/s1. The summed E-state index contributed by atoms with van der Waals surface area (Å²) in [6.07, 6.45) is -0.535. The van der Waals surface area contributed by atoms with Crippen LogP contribution in [0.1, 0.15) is 34.1 Å². The van der Waals surface area contributed by atoms with Crippen molar-refractivity contribution in [3.63, 3.8) is 0 Å². The number of benzene rings is 1. The highest BCUT2D eigenvalue weighted by molar-refractivity contribution is 6.30. The highest BCUT2D eigenvalue weighted by Crippen LogP contribution is 2.28. The van der Waals surface area contributed by atoms with Crippen LogP contribution in [-0.2, 0) is 4.74 Å². The Morgan fingerprint density at radius 1 is 1.43 bits per heavy atom. The number of hydrogen-bond donors (Lipinski definition) is 1. The molecule has 128 valence electrons. The molecular formula is C17H24ClNO4. The van der Waals surface area contributed by atoms with E-state index < -0.39 is 23.4 Å². The fraction of sp³-hybridized carbons (Fsp3) is 0.588. The SMILES string of the molecule is CC(C)(C)OC(=O)N1CC[C@](C)(O)[C@@H](Oc2cccc(Cl)c2)C1. The number of rotatable bonds is 2. The monoisotopic (exact) mass is 341 g/mol. The van der Waals surface area contributed by atoms with E-state index >= 15 is 0 Å².